The van der Waals surface area contributed by atoms with Crippen LogP contribution in [0.15, 0.2) is 18.6 Å². The lowest BCUT2D eigenvalue weighted by Crippen LogP contribution is -2.66. The van der Waals surface area contributed by atoms with Crippen molar-refractivity contribution in [1.29, 1.82) is 0 Å². The Bertz CT molecular complexity index is 492. The Morgan fingerprint density at radius 3 is 2.95 bits per heavy atom. The number of hydrogen-bond acceptors (Lipinski definition) is 4. The molecule has 0 unspecified atom stereocenters. The number of hydrogen-bond donors (Lipinski definition) is 0. The van der Waals surface area contributed by atoms with Gasteiger partial charge in [-0.2, -0.15) is 0 Å². The third-order valence-electron chi connectivity index (χ3n) is 4.95. The van der Waals surface area contributed by atoms with Gasteiger partial charge in [-0.05, 0) is 46.2 Å². The topological polar surface area (TPSA) is 49.3 Å². The molecule has 0 N–H and O–H groups in total. The Morgan fingerprint density at radius 1 is 1.35 bits per heavy atom. The van der Waals surface area contributed by atoms with Gasteiger partial charge in [0.15, 0.2) is 0 Å². The van der Waals surface area contributed by atoms with Crippen LogP contribution in [0.5, 0.6) is 0 Å². The zero-order valence-electron chi connectivity index (χ0n) is 12.2. The normalized spacial score (nSPS) is 30.9. The van der Waals surface area contributed by atoms with E-state index in [1.807, 2.05) is 4.90 Å². The van der Waals surface area contributed by atoms with Crippen LogP contribution >= 0.6 is 0 Å². The average Bonchev–Trinajstić information content (AvgIpc) is 2.47. The molecule has 5 nitrogen and oxygen atoms in total. The second-order valence-corrected chi connectivity index (χ2v) is 6.15. The van der Waals surface area contributed by atoms with E-state index in [4.69, 9.17) is 0 Å². The standard InChI is InChI=1S/C15H22N4O/c1-15-6-4-9-18(2)13(15)5-3-10-19(15)14(20)12-11-16-7-8-17-12/h7-8,11,13H,3-6,9-10H2,1-2H3/t13-,15+/m1/s1. The second-order valence-electron chi connectivity index (χ2n) is 6.15. The van der Waals surface area contributed by atoms with Gasteiger partial charge < -0.3 is 9.80 Å². The Balaban J connectivity index is 1.90. The van der Waals surface area contributed by atoms with Gasteiger partial charge in [-0.1, -0.05) is 0 Å². The molecule has 1 aromatic rings. The number of piperidine rings is 2. The molecule has 3 heterocycles. The van der Waals surface area contributed by atoms with Gasteiger partial charge in [0.05, 0.1) is 11.7 Å². The molecule has 20 heavy (non-hydrogen) atoms. The lowest BCUT2D eigenvalue weighted by molar-refractivity contribution is -0.0349. The van der Waals surface area contributed by atoms with Gasteiger partial charge in [0.2, 0.25) is 0 Å². The van der Waals surface area contributed by atoms with E-state index in [2.05, 4.69) is 28.8 Å². The summed E-state index contributed by atoms with van der Waals surface area (Å²) in [6.07, 6.45) is 9.23. The van der Waals surface area contributed by atoms with Gasteiger partial charge in [-0.25, -0.2) is 4.98 Å². The molecule has 2 aliphatic rings. The molecule has 0 radical (unpaired) electrons. The Morgan fingerprint density at radius 2 is 2.20 bits per heavy atom. The number of fused-ring (bicyclic) bond motifs is 1. The minimum atomic E-state index is -0.0696. The predicted molar refractivity (Wildman–Crippen MR) is 76.4 cm³/mol. The SMILES string of the molecule is CN1CCC[C@@]2(C)[C@H]1CCCN2C(=O)c1cnccn1. The van der Waals surface area contributed by atoms with E-state index in [0.717, 1.165) is 32.4 Å². The number of likely N-dealkylation sites (N-methyl/N-ethyl adjacent to an activating group) is 1. The monoisotopic (exact) mass is 274 g/mol. The van der Waals surface area contributed by atoms with E-state index in [-0.39, 0.29) is 11.4 Å². The quantitative estimate of drug-likeness (QED) is 0.780. The number of carbonyl (C=O) groups excluding carboxylic acids is 1. The van der Waals surface area contributed by atoms with Crippen LogP contribution in [0.2, 0.25) is 0 Å². The van der Waals surface area contributed by atoms with Gasteiger partial charge >= 0.3 is 0 Å². The van der Waals surface area contributed by atoms with Crippen molar-refractivity contribution < 1.29 is 4.79 Å². The number of nitrogens with zero attached hydrogens (tertiary/aromatic N) is 4. The third-order valence-corrected chi connectivity index (χ3v) is 4.95. The third kappa shape index (κ3) is 2.10. The van der Waals surface area contributed by atoms with Crippen molar-refractivity contribution in [3.63, 3.8) is 0 Å². The van der Waals surface area contributed by atoms with Crippen molar-refractivity contribution >= 4 is 5.91 Å². The van der Waals surface area contributed by atoms with Crippen LogP contribution < -0.4 is 0 Å². The molecule has 0 aliphatic carbocycles. The summed E-state index contributed by atoms with van der Waals surface area (Å²) in [5, 5.41) is 0. The molecule has 0 saturated carbocycles. The molecule has 1 amide bonds. The Kier molecular flexibility index (Phi) is 3.46. The van der Waals surface area contributed by atoms with Crippen LogP contribution in [0.4, 0.5) is 0 Å². The Labute approximate surface area is 120 Å². The van der Waals surface area contributed by atoms with Gasteiger partial charge in [0.1, 0.15) is 5.69 Å². The van der Waals surface area contributed by atoms with Crippen molar-refractivity contribution in [2.24, 2.45) is 0 Å². The first kappa shape index (κ1) is 13.5. The summed E-state index contributed by atoms with van der Waals surface area (Å²) in [7, 11) is 2.18. The summed E-state index contributed by atoms with van der Waals surface area (Å²) >= 11 is 0. The molecule has 2 fully saturated rings. The van der Waals surface area contributed by atoms with Crippen LogP contribution in [-0.2, 0) is 0 Å². The van der Waals surface area contributed by atoms with Gasteiger partial charge in [-0.15, -0.1) is 0 Å². The molecule has 2 atom stereocenters. The van der Waals surface area contributed by atoms with Crippen molar-refractivity contribution in [2.45, 2.75) is 44.2 Å². The van der Waals surface area contributed by atoms with Gasteiger partial charge in [0, 0.05) is 25.0 Å². The summed E-state index contributed by atoms with van der Waals surface area (Å²) in [5.41, 5.74) is 0.391. The molecule has 3 rings (SSSR count). The van der Waals surface area contributed by atoms with E-state index in [0.29, 0.717) is 11.7 Å². The van der Waals surface area contributed by atoms with E-state index >= 15 is 0 Å². The molecule has 2 saturated heterocycles. The first-order valence-electron chi connectivity index (χ1n) is 7.41. The fourth-order valence-corrected chi connectivity index (χ4v) is 3.91. The average molecular weight is 274 g/mol. The maximum absolute atomic E-state index is 12.8. The minimum absolute atomic E-state index is 0.0283. The number of likely N-dealkylation sites (tertiary alicyclic amines) is 2. The number of aromatic nitrogens is 2. The second kappa shape index (κ2) is 5.13. The number of rotatable bonds is 1. The molecule has 0 aromatic carbocycles. The molecular weight excluding hydrogens is 252 g/mol. The van der Waals surface area contributed by atoms with Gasteiger partial charge in [0.25, 0.3) is 5.91 Å². The van der Waals surface area contributed by atoms with Crippen LogP contribution in [0.3, 0.4) is 0 Å². The van der Waals surface area contributed by atoms with E-state index in [9.17, 15) is 4.79 Å². The van der Waals surface area contributed by atoms with Crippen molar-refractivity contribution in [1.82, 2.24) is 19.8 Å². The maximum Gasteiger partial charge on any atom is 0.274 e. The van der Waals surface area contributed by atoms with E-state index in [1.165, 1.54) is 6.42 Å². The van der Waals surface area contributed by atoms with E-state index in [1.54, 1.807) is 18.6 Å². The van der Waals surface area contributed by atoms with Gasteiger partial charge in [-0.3, -0.25) is 9.78 Å². The highest BCUT2D eigenvalue weighted by molar-refractivity contribution is 5.92. The molecule has 1 aromatic heterocycles. The Hall–Kier alpha value is -1.49. The summed E-state index contributed by atoms with van der Waals surface area (Å²) in [6.45, 7) is 4.20. The first-order valence-corrected chi connectivity index (χ1v) is 7.41. The largest absolute Gasteiger partial charge is 0.330 e. The molecular formula is C15H22N4O. The van der Waals surface area contributed by atoms with Crippen LogP contribution in [0.1, 0.15) is 43.1 Å². The maximum atomic E-state index is 12.8. The zero-order valence-corrected chi connectivity index (χ0v) is 12.2. The minimum Gasteiger partial charge on any atom is -0.330 e. The summed E-state index contributed by atoms with van der Waals surface area (Å²) in [6, 6.07) is 0.464. The summed E-state index contributed by atoms with van der Waals surface area (Å²) in [4.78, 5) is 25.4. The molecule has 2 aliphatic heterocycles. The molecule has 108 valence electrons. The molecule has 0 bridgehead atoms. The van der Waals surface area contributed by atoms with Crippen LogP contribution in [-0.4, -0.2) is 57.4 Å². The van der Waals surface area contributed by atoms with Crippen molar-refractivity contribution in [3.8, 4) is 0 Å². The van der Waals surface area contributed by atoms with Crippen LogP contribution in [0, 0.1) is 0 Å². The summed E-state index contributed by atoms with van der Waals surface area (Å²) < 4.78 is 0. The lowest BCUT2D eigenvalue weighted by Gasteiger charge is -2.55. The zero-order chi connectivity index (χ0) is 14.2. The fraction of sp³-hybridized carbons (Fsp3) is 0.667. The highest BCUT2D eigenvalue weighted by Gasteiger charge is 2.48. The van der Waals surface area contributed by atoms with Crippen LogP contribution in [0.25, 0.3) is 0 Å². The lowest BCUT2D eigenvalue weighted by atomic mass is 9.76. The van der Waals surface area contributed by atoms with Crippen molar-refractivity contribution in [2.75, 3.05) is 20.1 Å². The van der Waals surface area contributed by atoms with E-state index < -0.39 is 0 Å². The molecule has 0 spiro atoms. The smallest absolute Gasteiger partial charge is 0.274 e. The number of carbonyl (C=O) groups is 1. The first-order chi connectivity index (χ1) is 9.63. The number of amides is 1. The highest BCUT2D eigenvalue weighted by Crippen LogP contribution is 2.38. The van der Waals surface area contributed by atoms with Crippen molar-refractivity contribution in [3.05, 3.63) is 24.3 Å². The highest BCUT2D eigenvalue weighted by atomic mass is 16.2. The molecule has 5 heteroatoms. The summed E-state index contributed by atoms with van der Waals surface area (Å²) in [5.74, 6) is 0.0283. The fourth-order valence-electron chi connectivity index (χ4n) is 3.91. The predicted octanol–water partition coefficient (Wildman–Crippen LogP) is 1.57.